The van der Waals surface area contributed by atoms with Crippen LogP contribution >= 0.6 is 0 Å². The van der Waals surface area contributed by atoms with Gasteiger partial charge in [0.15, 0.2) is 11.6 Å². The summed E-state index contributed by atoms with van der Waals surface area (Å²) in [5.74, 6) is -3.37. The van der Waals surface area contributed by atoms with Crippen molar-refractivity contribution in [3.63, 3.8) is 0 Å². The molecule has 2 rings (SSSR count). The van der Waals surface area contributed by atoms with Gasteiger partial charge in [0, 0.05) is 0 Å². The summed E-state index contributed by atoms with van der Waals surface area (Å²) in [7, 11) is 0. The van der Waals surface area contributed by atoms with Crippen molar-refractivity contribution in [3.05, 3.63) is 24.3 Å². The van der Waals surface area contributed by atoms with Crippen LogP contribution in [0.15, 0.2) is 12.7 Å². The molecule has 0 aliphatic rings. The van der Waals surface area contributed by atoms with Gasteiger partial charge in [-0.15, -0.1) is 0 Å². The van der Waals surface area contributed by atoms with Crippen LogP contribution in [0.25, 0.3) is 0 Å². The topological polar surface area (TPSA) is 229 Å². The van der Waals surface area contributed by atoms with Gasteiger partial charge in [-0.25, -0.2) is 9.97 Å². The normalized spacial score (nSPS) is 7.58. The molecule has 0 bridgehead atoms. The Morgan fingerprint density at radius 2 is 1.21 bits per heavy atom. The molecule has 19 heavy (non-hydrogen) atoms. The zero-order chi connectivity index (χ0) is 12.0. The number of carboxylic acid groups (broad SMARTS) is 2. The van der Waals surface area contributed by atoms with Crippen LogP contribution in [-0.4, -0.2) is 42.3 Å². The fraction of sp³-hybridized carbons (Fsp3) is 0. The van der Waals surface area contributed by atoms with Crippen molar-refractivity contribution in [3.8, 4) is 0 Å². The van der Waals surface area contributed by atoms with E-state index in [1.54, 1.807) is 0 Å². The maximum Gasteiger partial charge on any atom is 2.00 e. The van der Waals surface area contributed by atoms with E-state index in [1.807, 2.05) is 0 Å². The van der Waals surface area contributed by atoms with E-state index in [1.165, 1.54) is 12.7 Å². The van der Waals surface area contributed by atoms with Crippen LogP contribution in [0.3, 0.4) is 0 Å². The number of carbonyl (C=O) groups excluding carboxylic acids is 2. The summed E-state index contributed by atoms with van der Waals surface area (Å²) < 4.78 is 0. The molecule has 2 heterocycles. The molecule has 0 amide bonds. The van der Waals surface area contributed by atoms with Crippen LogP contribution in [0.5, 0.6) is 0 Å². The Balaban J connectivity index is -0.000000233. The second kappa shape index (κ2) is 11.2. The monoisotopic (exact) mass is 376 g/mol. The Morgan fingerprint density at radius 3 is 1.32 bits per heavy atom. The number of carbonyl (C=O) groups is 2. The number of H-pyrrole nitrogens is 2. The van der Waals surface area contributed by atoms with Crippen molar-refractivity contribution in [2.45, 2.75) is 0 Å². The molecule has 100 valence electrons. The third kappa shape index (κ3) is 7.89. The van der Waals surface area contributed by atoms with Gasteiger partial charge in [0.2, 0.25) is 0 Å². The van der Waals surface area contributed by atoms with Crippen LogP contribution in [0, 0.1) is 0 Å². The van der Waals surface area contributed by atoms with Crippen molar-refractivity contribution in [1.29, 1.82) is 0 Å². The van der Waals surface area contributed by atoms with Crippen LogP contribution in [0.4, 0.5) is 0 Å². The summed E-state index contributed by atoms with van der Waals surface area (Å²) >= 11 is 0. The van der Waals surface area contributed by atoms with Gasteiger partial charge in [0.1, 0.15) is 24.6 Å². The summed E-state index contributed by atoms with van der Waals surface area (Å²) in [6, 6.07) is 0. The molecule has 0 aliphatic heterocycles. The number of aromatic nitrogens is 6. The van der Waals surface area contributed by atoms with Gasteiger partial charge in [-0.05, 0) is 0 Å². The Hall–Kier alpha value is -1.94. The second-order valence-electron chi connectivity index (χ2n) is 2.22. The predicted molar refractivity (Wildman–Crippen MR) is 51.2 cm³/mol. The number of aromatic carboxylic acids is 2. The van der Waals surface area contributed by atoms with E-state index in [4.69, 9.17) is 0 Å². The Labute approximate surface area is 125 Å². The number of nitrogens with one attached hydrogen (secondary N) is 2. The zero-order valence-electron chi connectivity index (χ0n) is 9.44. The minimum absolute atomic E-state index is 0. The molecular weight excluding hydrogens is 365 g/mol. The number of aromatic amines is 2. The molecule has 0 spiro atoms. The SMILES string of the molecule is O=C([O-])c1nc[nH]n1.O=C([O-])c1nc[nH]n1.[Cd+2].[OH3+].[OH3+]. The van der Waals surface area contributed by atoms with Gasteiger partial charge < -0.3 is 30.8 Å². The van der Waals surface area contributed by atoms with E-state index in [9.17, 15) is 19.8 Å². The molecule has 13 heteroatoms. The number of rotatable bonds is 2. The van der Waals surface area contributed by atoms with Crippen LogP contribution in [0.1, 0.15) is 21.2 Å². The van der Waals surface area contributed by atoms with Crippen molar-refractivity contribution < 1.29 is 58.1 Å². The molecule has 0 atom stereocenters. The van der Waals surface area contributed by atoms with Crippen LogP contribution < -0.4 is 10.2 Å². The zero-order valence-corrected chi connectivity index (χ0v) is 13.5. The molecule has 0 unspecified atom stereocenters. The standard InChI is InChI=1S/2C3H3N3O2.Cd.2H2O/c2*7-3(8)2-4-1-5-6-2;;;/h2*1H,(H,7,8)(H,4,5,6);;2*1H2/q;;+2;;. The fourth-order valence-electron chi connectivity index (χ4n) is 0.614. The Bertz CT molecular complexity index is 414. The van der Waals surface area contributed by atoms with E-state index in [2.05, 4.69) is 30.4 Å². The van der Waals surface area contributed by atoms with Crippen molar-refractivity contribution in [1.82, 2.24) is 30.4 Å². The van der Waals surface area contributed by atoms with Gasteiger partial charge in [0.25, 0.3) is 0 Å². The van der Waals surface area contributed by atoms with Gasteiger partial charge in [-0.1, -0.05) is 0 Å². The van der Waals surface area contributed by atoms with Crippen LogP contribution in [0.2, 0.25) is 0 Å². The van der Waals surface area contributed by atoms with Gasteiger partial charge >= 0.3 is 27.3 Å². The summed E-state index contributed by atoms with van der Waals surface area (Å²) in [5.41, 5.74) is 0. The minimum Gasteiger partial charge on any atom is -0.541 e. The van der Waals surface area contributed by atoms with Gasteiger partial charge in [-0.3, -0.25) is 10.2 Å². The van der Waals surface area contributed by atoms with E-state index in [0.717, 1.165) is 0 Å². The van der Waals surface area contributed by atoms with E-state index in [-0.39, 0.29) is 49.9 Å². The average molecular weight is 375 g/mol. The Morgan fingerprint density at radius 1 is 0.895 bits per heavy atom. The first-order chi connectivity index (χ1) is 7.61. The van der Waals surface area contributed by atoms with E-state index < -0.39 is 11.9 Å². The average Bonchev–Trinajstić information content (AvgIpc) is 2.93. The first-order valence-corrected chi connectivity index (χ1v) is 3.75. The third-order valence-corrected chi connectivity index (χ3v) is 1.20. The summed E-state index contributed by atoms with van der Waals surface area (Å²) in [6.07, 6.45) is 2.34. The quantitative estimate of drug-likeness (QED) is 0.379. The molecule has 0 aliphatic carbocycles. The van der Waals surface area contributed by atoms with E-state index in [0.29, 0.717) is 0 Å². The molecule has 0 saturated carbocycles. The predicted octanol–water partition coefficient (Wildman–Crippen LogP) is -5.51. The number of hydrogen-bond acceptors (Lipinski definition) is 8. The molecule has 0 saturated heterocycles. The molecular formula is C6H10CdN6O6+2. The maximum atomic E-state index is 9.81. The summed E-state index contributed by atoms with van der Waals surface area (Å²) in [4.78, 5) is 26.2. The van der Waals surface area contributed by atoms with Gasteiger partial charge in [0.05, 0.1) is 0 Å². The largest absolute Gasteiger partial charge is 2.00 e. The number of hydrogen-bond donors (Lipinski definition) is 2. The number of nitrogens with zero attached hydrogens (tertiary/aromatic N) is 4. The molecule has 0 radical (unpaired) electrons. The van der Waals surface area contributed by atoms with Gasteiger partial charge in [-0.2, -0.15) is 10.2 Å². The van der Waals surface area contributed by atoms with Crippen molar-refractivity contribution >= 4 is 11.9 Å². The molecule has 2 aromatic rings. The molecule has 8 N–H and O–H groups in total. The van der Waals surface area contributed by atoms with Crippen molar-refractivity contribution in [2.24, 2.45) is 0 Å². The minimum atomic E-state index is -1.37. The molecule has 12 nitrogen and oxygen atoms in total. The molecule has 0 aromatic carbocycles. The molecule has 2 aromatic heterocycles. The first kappa shape index (κ1) is 22.3. The third-order valence-electron chi connectivity index (χ3n) is 1.20. The summed E-state index contributed by atoms with van der Waals surface area (Å²) in [5, 5.41) is 30.5. The number of carboxylic acids is 2. The maximum absolute atomic E-state index is 9.81. The summed E-state index contributed by atoms with van der Waals surface area (Å²) in [6.45, 7) is 0. The van der Waals surface area contributed by atoms with Crippen LogP contribution in [-0.2, 0) is 38.3 Å². The second-order valence-corrected chi connectivity index (χ2v) is 2.22. The molecule has 0 fully saturated rings. The first-order valence-electron chi connectivity index (χ1n) is 3.75. The fourth-order valence-corrected chi connectivity index (χ4v) is 0.614. The van der Waals surface area contributed by atoms with Crippen molar-refractivity contribution in [2.75, 3.05) is 0 Å². The van der Waals surface area contributed by atoms with E-state index >= 15 is 0 Å². The smallest absolute Gasteiger partial charge is 0.541 e. The Kier molecular flexibility index (Phi) is 13.1.